The number of alkyl halides is 3. The summed E-state index contributed by atoms with van der Waals surface area (Å²) in [5, 5.41) is 2.67. The molecule has 1 aromatic heterocycles. The molecule has 2 rings (SSSR count). The fraction of sp³-hybridized carbons (Fsp3) is 0.368. The van der Waals surface area contributed by atoms with E-state index < -0.39 is 17.7 Å². The molecule has 1 N–H and O–H groups in total. The number of hydrogen-bond acceptors (Lipinski definition) is 3. The Bertz CT molecular complexity index is 824. The number of nitrogens with zero attached hydrogens (tertiary/aromatic N) is 1. The number of benzene rings is 1. The van der Waals surface area contributed by atoms with Gasteiger partial charge in [-0.2, -0.15) is 13.2 Å². The highest BCUT2D eigenvalue weighted by Gasteiger charge is 2.29. The molecule has 0 aliphatic carbocycles. The first kappa shape index (κ1) is 20.5. The van der Waals surface area contributed by atoms with E-state index in [1.54, 1.807) is 31.4 Å². The highest BCUT2D eigenvalue weighted by Crippen LogP contribution is 2.29. The van der Waals surface area contributed by atoms with E-state index in [4.69, 9.17) is 4.74 Å². The van der Waals surface area contributed by atoms with Crippen LogP contribution in [0.1, 0.15) is 39.8 Å². The van der Waals surface area contributed by atoms with Gasteiger partial charge < -0.3 is 14.6 Å². The van der Waals surface area contributed by atoms with E-state index in [0.29, 0.717) is 16.8 Å². The second-order valence-corrected chi connectivity index (χ2v) is 6.06. The third-order valence-corrected chi connectivity index (χ3v) is 4.14. The maximum Gasteiger partial charge on any atom is 0.416 e. The summed E-state index contributed by atoms with van der Waals surface area (Å²) in [6.07, 6.45) is -4.39. The van der Waals surface area contributed by atoms with Gasteiger partial charge >= 0.3 is 12.1 Å². The molecule has 0 aliphatic heterocycles. The number of carbonyl (C=O) groups excluding carboxylic acids is 2. The maximum atomic E-state index is 12.6. The van der Waals surface area contributed by atoms with E-state index >= 15 is 0 Å². The maximum absolute atomic E-state index is 12.6. The topological polar surface area (TPSA) is 60.3 Å². The lowest BCUT2D eigenvalue weighted by atomic mass is 10.1. The van der Waals surface area contributed by atoms with Crippen molar-refractivity contribution in [2.24, 2.45) is 0 Å². The van der Waals surface area contributed by atoms with Crippen LogP contribution >= 0.6 is 0 Å². The van der Waals surface area contributed by atoms with Gasteiger partial charge in [0.05, 0.1) is 17.7 Å². The van der Waals surface area contributed by atoms with Crippen LogP contribution in [0.3, 0.4) is 0 Å². The van der Waals surface area contributed by atoms with Crippen LogP contribution in [0.15, 0.2) is 30.3 Å². The summed E-state index contributed by atoms with van der Waals surface area (Å²) in [6.45, 7) is 5.59. The molecule has 1 aromatic carbocycles. The molecular formula is C19H21F3N2O3. The number of esters is 1. The molecule has 0 atom stereocenters. The lowest BCUT2D eigenvalue weighted by Crippen LogP contribution is -2.28. The lowest BCUT2D eigenvalue weighted by molar-refractivity contribution is -0.137. The van der Waals surface area contributed by atoms with Crippen molar-refractivity contribution in [2.45, 2.75) is 40.0 Å². The van der Waals surface area contributed by atoms with E-state index in [1.165, 1.54) is 12.1 Å². The number of halogens is 3. The van der Waals surface area contributed by atoms with Gasteiger partial charge in [-0.15, -0.1) is 0 Å². The summed E-state index contributed by atoms with van der Waals surface area (Å²) in [7, 11) is 0. The number of nitrogens with one attached hydrogen (secondary N) is 1. The number of ether oxygens (including phenoxy) is 1. The Balaban J connectivity index is 1.99. The molecule has 1 amide bonds. The van der Waals surface area contributed by atoms with Crippen molar-refractivity contribution >= 4 is 11.9 Å². The molecule has 0 bridgehead atoms. The summed E-state index contributed by atoms with van der Waals surface area (Å²) in [5.41, 5.74) is 1.59. The largest absolute Gasteiger partial charge is 0.462 e. The molecule has 0 fully saturated rings. The standard InChI is InChI=1S/C19H21F3N2O3/c1-4-27-18(26)16-9-12(2)24(13(16)3)11-17(25)23-10-14-5-7-15(8-6-14)19(20,21)22/h5-9H,4,10-11H2,1-3H3,(H,23,25). The summed E-state index contributed by atoms with van der Waals surface area (Å²) in [5.74, 6) is -0.755. The van der Waals surface area contributed by atoms with Crippen molar-refractivity contribution in [3.63, 3.8) is 0 Å². The van der Waals surface area contributed by atoms with Gasteiger partial charge in [-0.1, -0.05) is 12.1 Å². The van der Waals surface area contributed by atoms with Gasteiger partial charge in [0.25, 0.3) is 0 Å². The minimum Gasteiger partial charge on any atom is -0.462 e. The Morgan fingerprint density at radius 3 is 2.33 bits per heavy atom. The Morgan fingerprint density at radius 1 is 1.15 bits per heavy atom. The van der Waals surface area contributed by atoms with Crippen LogP contribution in [0.4, 0.5) is 13.2 Å². The van der Waals surface area contributed by atoms with Crippen molar-refractivity contribution < 1.29 is 27.5 Å². The predicted molar refractivity (Wildman–Crippen MR) is 93.2 cm³/mol. The van der Waals surface area contributed by atoms with E-state index in [-0.39, 0.29) is 25.6 Å². The third-order valence-electron chi connectivity index (χ3n) is 4.14. The number of aromatic nitrogens is 1. The quantitative estimate of drug-likeness (QED) is 0.777. The molecule has 1 heterocycles. The fourth-order valence-electron chi connectivity index (χ4n) is 2.67. The SMILES string of the molecule is CCOC(=O)c1cc(C)n(CC(=O)NCc2ccc(C(F)(F)F)cc2)c1C. The van der Waals surface area contributed by atoms with Crippen molar-refractivity contribution in [1.82, 2.24) is 9.88 Å². The molecule has 0 spiro atoms. The fourth-order valence-corrected chi connectivity index (χ4v) is 2.67. The number of carbonyl (C=O) groups is 2. The van der Waals surface area contributed by atoms with Gasteiger partial charge in [0.1, 0.15) is 6.54 Å². The smallest absolute Gasteiger partial charge is 0.416 e. The van der Waals surface area contributed by atoms with E-state index in [0.717, 1.165) is 17.8 Å². The number of amides is 1. The van der Waals surface area contributed by atoms with Crippen LogP contribution in [0.25, 0.3) is 0 Å². The Kier molecular flexibility index (Phi) is 6.30. The first-order chi connectivity index (χ1) is 12.6. The molecule has 0 saturated carbocycles. The normalized spacial score (nSPS) is 11.3. The van der Waals surface area contributed by atoms with Gasteiger partial charge in [0, 0.05) is 17.9 Å². The van der Waals surface area contributed by atoms with Crippen LogP contribution in [-0.2, 0) is 28.8 Å². The minimum absolute atomic E-state index is 0.00228. The molecule has 0 saturated heterocycles. The second kappa shape index (κ2) is 8.28. The molecule has 27 heavy (non-hydrogen) atoms. The van der Waals surface area contributed by atoms with Crippen molar-refractivity contribution in [3.8, 4) is 0 Å². The van der Waals surface area contributed by atoms with Gasteiger partial charge in [0.15, 0.2) is 0 Å². The molecule has 2 aromatic rings. The summed E-state index contributed by atoms with van der Waals surface area (Å²) < 4.78 is 44.3. The zero-order valence-electron chi connectivity index (χ0n) is 15.3. The van der Waals surface area contributed by atoms with Gasteiger partial charge in [-0.3, -0.25) is 4.79 Å². The second-order valence-electron chi connectivity index (χ2n) is 6.06. The first-order valence-corrected chi connectivity index (χ1v) is 8.40. The zero-order chi connectivity index (χ0) is 20.2. The monoisotopic (exact) mass is 382 g/mol. The van der Waals surface area contributed by atoms with E-state index in [2.05, 4.69) is 5.32 Å². The highest BCUT2D eigenvalue weighted by atomic mass is 19.4. The lowest BCUT2D eigenvalue weighted by Gasteiger charge is -2.11. The third kappa shape index (κ3) is 5.12. The summed E-state index contributed by atoms with van der Waals surface area (Å²) in [6, 6.07) is 6.28. The molecular weight excluding hydrogens is 361 g/mol. The van der Waals surface area contributed by atoms with Crippen LogP contribution in [-0.4, -0.2) is 23.1 Å². The molecule has 0 unspecified atom stereocenters. The average Bonchev–Trinajstić information content (AvgIpc) is 2.88. The average molecular weight is 382 g/mol. The van der Waals surface area contributed by atoms with Crippen LogP contribution in [0.2, 0.25) is 0 Å². The first-order valence-electron chi connectivity index (χ1n) is 8.40. The van der Waals surface area contributed by atoms with Gasteiger partial charge in [-0.05, 0) is 44.5 Å². The predicted octanol–water partition coefficient (Wildman–Crippen LogP) is 3.62. The number of aryl methyl sites for hydroxylation is 1. The number of hydrogen-bond donors (Lipinski definition) is 1. The van der Waals surface area contributed by atoms with E-state index in [9.17, 15) is 22.8 Å². The minimum atomic E-state index is -4.39. The zero-order valence-corrected chi connectivity index (χ0v) is 15.3. The molecule has 0 aliphatic rings. The molecule has 8 heteroatoms. The van der Waals surface area contributed by atoms with Crippen LogP contribution < -0.4 is 5.32 Å². The van der Waals surface area contributed by atoms with Crippen molar-refractivity contribution in [1.29, 1.82) is 0 Å². The van der Waals surface area contributed by atoms with Crippen LogP contribution in [0.5, 0.6) is 0 Å². The summed E-state index contributed by atoms with van der Waals surface area (Å²) in [4.78, 5) is 24.1. The number of rotatable bonds is 6. The molecule has 5 nitrogen and oxygen atoms in total. The van der Waals surface area contributed by atoms with Gasteiger partial charge in [-0.25, -0.2) is 4.79 Å². The molecule has 0 radical (unpaired) electrons. The van der Waals surface area contributed by atoms with Crippen molar-refractivity contribution in [2.75, 3.05) is 6.61 Å². The Labute approximate surface area is 155 Å². The van der Waals surface area contributed by atoms with Crippen molar-refractivity contribution in [3.05, 3.63) is 58.4 Å². The Hall–Kier alpha value is -2.77. The van der Waals surface area contributed by atoms with Gasteiger partial charge in [0.2, 0.25) is 5.91 Å². The summed E-state index contributed by atoms with van der Waals surface area (Å²) >= 11 is 0. The highest BCUT2D eigenvalue weighted by molar-refractivity contribution is 5.91. The van der Waals surface area contributed by atoms with Crippen LogP contribution in [0, 0.1) is 13.8 Å². The molecule has 146 valence electrons. The van der Waals surface area contributed by atoms with E-state index in [1.807, 2.05) is 0 Å². The Morgan fingerprint density at radius 2 is 1.78 bits per heavy atom.